The van der Waals surface area contributed by atoms with Crippen LogP contribution in [0.15, 0.2) is 53.1 Å². The zero-order chi connectivity index (χ0) is 20.4. The molecule has 0 saturated heterocycles. The van der Waals surface area contributed by atoms with Gasteiger partial charge in [-0.2, -0.15) is 18.2 Å². The smallest absolute Gasteiger partial charge is 0.433 e. The van der Waals surface area contributed by atoms with E-state index < -0.39 is 11.9 Å². The molecule has 0 aliphatic carbocycles. The normalized spacial score (nSPS) is 13.3. The van der Waals surface area contributed by atoms with Gasteiger partial charge in [0.05, 0.1) is 12.8 Å². The molecule has 0 amide bonds. The zero-order valence-corrected chi connectivity index (χ0v) is 15.8. The van der Waals surface area contributed by atoms with Gasteiger partial charge in [0.25, 0.3) is 0 Å². The zero-order valence-electron chi connectivity index (χ0n) is 15.0. The van der Waals surface area contributed by atoms with Crippen LogP contribution in [0.5, 0.6) is 0 Å². The second-order valence-electron chi connectivity index (χ2n) is 6.44. The van der Waals surface area contributed by atoms with Crippen LogP contribution >= 0.6 is 12.2 Å². The highest BCUT2D eigenvalue weighted by atomic mass is 32.1. The Bertz CT molecular complexity index is 998. The van der Waals surface area contributed by atoms with Crippen LogP contribution in [-0.2, 0) is 25.8 Å². The van der Waals surface area contributed by atoms with Gasteiger partial charge in [-0.25, -0.2) is 4.98 Å². The summed E-state index contributed by atoms with van der Waals surface area (Å²) in [6.07, 6.45) is -3.09. The van der Waals surface area contributed by atoms with Crippen LogP contribution < -0.4 is 15.5 Å². The number of halogens is 3. The molecule has 0 spiro atoms. The van der Waals surface area contributed by atoms with Gasteiger partial charge < -0.3 is 20.0 Å². The van der Waals surface area contributed by atoms with Gasteiger partial charge in [-0.3, -0.25) is 0 Å². The van der Waals surface area contributed by atoms with Gasteiger partial charge in [-0.05, 0) is 35.5 Å². The highest BCUT2D eigenvalue weighted by Crippen LogP contribution is 2.33. The SMILES string of the molecule is FC(F)(F)c1cc(N2Cc3ccccc3C2)nc(NC(=S)NCc2ccco2)n1. The molecule has 3 heterocycles. The summed E-state index contributed by atoms with van der Waals surface area (Å²) in [5, 5.41) is 5.57. The third-order valence-corrected chi connectivity index (χ3v) is 4.64. The van der Waals surface area contributed by atoms with Crippen molar-refractivity contribution >= 4 is 29.1 Å². The van der Waals surface area contributed by atoms with Gasteiger partial charge in [0.2, 0.25) is 5.95 Å². The summed E-state index contributed by atoms with van der Waals surface area (Å²) >= 11 is 5.14. The number of benzene rings is 1. The van der Waals surface area contributed by atoms with Crippen LogP contribution in [0.2, 0.25) is 0 Å². The second-order valence-corrected chi connectivity index (χ2v) is 6.85. The number of alkyl halides is 3. The maximum absolute atomic E-state index is 13.4. The van der Waals surface area contributed by atoms with E-state index in [1.807, 2.05) is 24.3 Å². The van der Waals surface area contributed by atoms with E-state index >= 15 is 0 Å². The van der Waals surface area contributed by atoms with Crippen molar-refractivity contribution in [3.63, 3.8) is 0 Å². The Morgan fingerprint density at radius 2 is 1.83 bits per heavy atom. The Morgan fingerprint density at radius 1 is 1.10 bits per heavy atom. The number of thiocarbonyl (C=S) groups is 1. The summed E-state index contributed by atoms with van der Waals surface area (Å²) < 4.78 is 45.3. The number of nitrogens with one attached hydrogen (secondary N) is 2. The van der Waals surface area contributed by atoms with Crippen molar-refractivity contribution in [1.82, 2.24) is 15.3 Å². The van der Waals surface area contributed by atoms with E-state index in [-0.39, 0.29) is 23.4 Å². The molecule has 0 saturated carbocycles. The molecule has 0 unspecified atom stereocenters. The molecule has 150 valence electrons. The summed E-state index contributed by atoms with van der Waals surface area (Å²) in [6.45, 7) is 1.24. The lowest BCUT2D eigenvalue weighted by molar-refractivity contribution is -0.141. The lowest BCUT2D eigenvalue weighted by atomic mass is 10.1. The van der Waals surface area contributed by atoms with Crippen molar-refractivity contribution in [1.29, 1.82) is 0 Å². The Labute approximate surface area is 169 Å². The number of anilines is 2. The van der Waals surface area contributed by atoms with Crippen molar-refractivity contribution in [2.75, 3.05) is 10.2 Å². The topological polar surface area (TPSA) is 66.2 Å². The first-order valence-electron chi connectivity index (χ1n) is 8.74. The van der Waals surface area contributed by atoms with Gasteiger partial charge in [-0.1, -0.05) is 24.3 Å². The molecular formula is C19H16F3N5OS. The summed E-state index contributed by atoms with van der Waals surface area (Å²) in [5.41, 5.74) is 1.09. The number of aromatic nitrogens is 2. The first-order chi connectivity index (χ1) is 13.9. The average Bonchev–Trinajstić information content (AvgIpc) is 3.35. The summed E-state index contributed by atoms with van der Waals surface area (Å²) in [4.78, 5) is 9.60. The molecule has 0 radical (unpaired) electrons. The number of furan rings is 1. The minimum atomic E-state index is -4.61. The quantitative estimate of drug-likeness (QED) is 0.618. The van der Waals surface area contributed by atoms with Gasteiger partial charge in [-0.15, -0.1) is 0 Å². The fraction of sp³-hybridized carbons (Fsp3) is 0.211. The minimum absolute atomic E-state index is 0.0939. The lowest BCUT2D eigenvalue weighted by Gasteiger charge is -2.19. The fourth-order valence-corrected chi connectivity index (χ4v) is 3.18. The maximum Gasteiger partial charge on any atom is 0.433 e. The van der Waals surface area contributed by atoms with Gasteiger partial charge in [0.15, 0.2) is 10.8 Å². The number of rotatable bonds is 4. The summed E-state index contributed by atoms with van der Waals surface area (Å²) in [6, 6.07) is 12.1. The average molecular weight is 419 g/mol. The van der Waals surface area contributed by atoms with Crippen LogP contribution in [0.25, 0.3) is 0 Å². The lowest BCUT2D eigenvalue weighted by Crippen LogP contribution is -2.29. The van der Waals surface area contributed by atoms with E-state index in [0.717, 1.165) is 17.2 Å². The Hall–Kier alpha value is -3.14. The summed E-state index contributed by atoms with van der Waals surface area (Å²) in [7, 11) is 0. The molecule has 4 rings (SSSR count). The second kappa shape index (κ2) is 7.70. The van der Waals surface area contributed by atoms with Crippen LogP contribution in [0, 0.1) is 0 Å². The van der Waals surface area contributed by atoms with E-state index in [0.29, 0.717) is 18.8 Å². The Morgan fingerprint density at radius 3 is 2.45 bits per heavy atom. The predicted molar refractivity (Wildman–Crippen MR) is 105 cm³/mol. The van der Waals surface area contributed by atoms with Crippen LogP contribution in [0.1, 0.15) is 22.6 Å². The number of hydrogen-bond acceptors (Lipinski definition) is 5. The standard InChI is InChI=1S/C19H16F3N5OS/c20-19(21,22)15-8-16(27-10-12-4-1-2-5-13(12)11-27)25-17(24-15)26-18(29)23-9-14-6-3-7-28-14/h1-8H,9-11H2,(H2,23,24,25,26,29). The number of nitrogens with zero attached hydrogens (tertiary/aromatic N) is 3. The number of fused-ring (bicyclic) bond motifs is 1. The van der Waals surface area contributed by atoms with Crippen LogP contribution in [0.4, 0.5) is 24.9 Å². The third kappa shape index (κ3) is 4.48. The van der Waals surface area contributed by atoms with E-state index in [1.54, 1.807) is 17.0 Å². The summed E-state index contributed by atoms with van der Waals surface area (Å²) in [5.74, 6) is 0.595. The van der Waals surface area contributed by atoms with Crippen molar-refractivity contribution < 1.29 is 17.6 Å². The predicted octanol–water partition coefficient (Wildman–Crippen LogP) is 4.10. The molecule has 29 heavy (non-hydrogen) atoms. The van der Waals surface area contributed by atoms with E-state index in [9.17, 15) is 13.2 Å². The highest BCUT2D eigenvalue weighted by molar-refractivity contribution is 7.80. The van der Waals surface area contributed by atoms with Gasteiger partial charge in [0, 0.05) is 19.2 Å². The molecule has 0 fully saturated rings. The molecule has 0 atom stereocenters. The van der Waals surface area contributed by atoms with E-state index in [1.165, 1.54) is 6.26 Å². The van der Waals surface area contributed by atoms with Gasteiger partial charge >= 0.3 is 6.18 Å². The first-order valence-corrected chi connectivity index (χ1v) is 9.14. The van der Waals surface area contributed by atoms with Crippen molar-refractivity contribution in [3.05, 3.63) is 71.3 Å². The van der Waals surface area contributed by atoms with E-state index in [4.69, 9.17) is 16.6 Å². The highest BCUT2D eigenvalue weighted by Gasteiger charge is 2.35. The van der Waals surface area contributed by atoms with Crippen molar-refractivity contribution in [2.45, 2.75) is 25.8 Å². The van der Waals surface area contributed by atoms with Crippen molar-refractivity contribution in [2.24, 2.45) is 0 Å². The van der Waals surface area contributed by atoms with Gasteiger partial charge in [0.1, 0.15) is 11.6 Å². The van der Waals surface area contributed by atoms with Crippen LogP contribution in [0.3, 0.4) is 0 Å². The van der Waals surface area contributed by atoms with Crippen molar-refractivity contribution in [3.8, 4) is 0 Å². The molecule has 1 aliphatic heterocycles. The molecule has 6 nitrogen and oxygen atoms in total. The fourth-order valence-electron chi connectivity index (χ4n) is 3.02. The molecule has 1 aliphatic rings. The largest absolute Gasteiger partial charge is 0.467 e. The maximum atomic E-state index is 13.4. The van der Waals surface area contributed by atoms with Crippen LogP contribution in [-0.4, -0.2) is 15.1 Å². The molecule has 10 heteroatoms. The van der Waals surface area contributed by atoms with E-state index in [2.05, 4.69) is 20.6 Å². The number of hydrogen-bond donors (Lipinski definition) is 2. The molecular weight excluding hydrogens is 403 g/mol. The molecule has 2 N–H and O–H groups in total. The monoisotopic (exact) mass is 419 g/mol. The minimum Gasteiger partial charge on any atom is -0.467 e. The third-order valence-electron chi connectivity index (χ3n) is 4.40. The molecule has 0 bridgehead atoms. The molecule has 3 aromatic rings. The molecule has 1 aromatic carbocycles. The Kier molecular flexibility index (Phi) is 5.10. The molecule has 2 aromatic heterocycles. The first kappa shape index (κ1) is 19.2. The Balaban J connectivity index is 1.54.